The number of thioether (sulfide) groups is 2. The first kappa shape index (κ1) is 20.4. The summed E-state index contributed by atoms with van der Waals surface area (Å²) >= 11 is 15.3. The van der Waals surface area contributed by atoms with Gasteiger partial charge in [0, 0.05) is 9.92 Å². The van der Waals surface area contributed by atoms with Crippen molar-refractivity contribution in [3.8, 4) is 0 Å². The fourth-order valence-corrected chi connectivity index (χ4v) is 4.39. The van der Waals surface area contributed by atoms with Crippen molar-refractivity contribution in [2.45, 2.75) is 17.4 Å². The van der Waals surface area contributed by atoms with Crippen LogP contribution in [0.25, 0.3) is 11.0 Å². The molecule has 1 atom stereocenters. The lowest BCUT2D eigenvalue weighted by Crippen LogP contribution is -2.31. The monoisotopic (exact) mass is 439 g/mol. The van der Waals surface area contributed by atoms with Crippen LogP contribution in [0.3, 0.4) is 0 Å². The summed E-state index contributed by atoms with van der Waals surface area (Å²) in [5, 5.41) is 4.28. The summed E-state index contributed by atoms with van der Waals surface area (Å²) in [5.74, 6) is 1.90. The summed E-state index contributed by atoms with van der Waals surface area (Å²) < 4.78 is 0. The molecule has 0 saturated heterocycles. The first-order chi connectivity index (χ1) is 13.1. The zero-order valence-electron chi connectivity index (χ0n) is 14.7. The molecule has 0 fully saturated rings. The van der Waals surface area contributed by atoms with Gasteiger partial charge in [0.2, 0.25) is 5.91 Å². The molecule has 1 amide bonds. The maximum Gasteiger partial charge on any atom is 0.230 e. The number of nitrogens with one attached hydrogen (secondary N) is 2. The van der Waals surface area contributed by atoms with Crippen LogP contribution in [0.2, 0.25) is 10.0 Å². The second-order valence-corrected chi connectivity index (χ2v) is 8.75. The molecule has 2 aromatic carbocycles. The quantitative estimate of drug-likeness (QED) is 0.450. The number of hydrogen-bond acceptors (Lipinski definition) is 4. The average molecular weight is 440 g/mol. The molecule has 1 aromatic heterocycles. The van der Waals surface area contributed by atoms with Gasteiger partial charge in [-0.1, -0.05) is 35.3 Å². The number of H-pyrrole nitrogens is 1. The number of halogens is 2. The summed E-state index contributed by atoms with van der Waals surface area (Å²) in [5.41, 5.74) is 1.87. The number of para-hydroxylation sites is 2. The van der Waals surface area contributed by atoms with Gasteiger partial charge in [-0.25, -0.2) is 4.98 Å². The van der Waals surface area contributed by atoms with E-state index in [9.17, 15) is 4.79 Å². The molecule has 27 heavy (non-hydrogen) atoms. The Morgan fingerprint density at radius 2 is 2.07 bits per heavy atom. The van der Waals surface area contributed by atoms with E-state index in [0.29, 0.717) is 10.0 Å². The Hall–Kier alpha value is -1.34. The third-order valence-corrected chi connectivity index (χ3v) is 6.31. The number of aromatic amines is 1. The van der Waals surface area contributed by atoms with E-state index in [0.717, 1.165) is 33.9 Å². The molecule has 1 unspecified atom stereocenters. The molecule has 1 heterocycles. The van der Waals surface area contributed by atoms with E-state index in [1.807, 2.05) is 24.3 Å². The van der Waals surface area contributed by atoms with Crippen LogP contribution in [0.4, 0.5) is 0 Å². The van der Waals surface area contributed by atoms with Gasteiger partial charge in [-0.05, 0) is 48.8 Å². The zero-order chi connectivity index (χ0) is 19.2. The summed E-state index contributed by atoms with van der Waals surface area (Å²) in [6.07, 6.45) is 2.85. The molecule has 0 aliphatic rings. The summed E-state index contributed by atoms with van der Waals surface area (Å²) in [4.78, 5) is 21.3. The van der Waals surface area contributed by atoms with Crippen molar-refractivity contribution in [2.75, 3.05) is 17.8 Å². The third-order valence-electron chi connectivity index (χ3n) is 3.94. The molecule has 0 bridgehead atoms. The number of benzene rings is 2. The number of rotatable bonds is 8. The second-order valence-electron chi connectivity index (χ2n) is 5.90. The number of carbonyl (C=O) groups excluding carboxylic acids is 1. The molecule has 0 spiro atoms. The first-order valence-electron chi connectivity index (χ1n) is 8.37. The fraction of sp³-hybridized carbons (Fsp3) is 0.263. The summed E-state index contributed by atoms with van der Waals surface area (Å²) in [6, 6.07) is 12.9. The molecule has 8 heteroatoms. The number of nitrogens with zero attached hydrogens (tertiary/aromatic N) is 1. The van der Waals surface area contributed by atoms with Crippen LogP contribution in [-0.4, -0.2) is 33.6 Å². The third kappa shape index (κ3) is 5.57. The normalized spacial score (nSPS) is 12.3. The van der Waals surface area contributed by atoms with Crippen LogP contribution in [0.1, 0.15) is 18.3 Å². The largest absolute Gasteiger partial charge is 0.345 e. The minimum absolute atomic E-state index is 0.0670. The lowest BCUT2D eigenvalue weighted by molar-refractivity contribution is -0.119. The Morgan fingerprint density at radius 1 is 1.26 bits per heavy atom. The molecule has 2 N–H and O–H groups in total. The van der Waals surface area contributed by atoms with Crippen LogP contribution >= 0.6 is 46.7 Å². The molecule has 0 saturated carbocycles. The highest BCUT2D eigenvalue weighted by atomic mass is 35.5. The van der Waals surface area contributed by atoms with Crippen LogP contribution < -0.4 is 5.32 Å². The summed E-state index contributed by atoms with van der Waals surface area (Å²) in [7, 11) is 0. The molecular formula is C19H19Cl2N3OS2. The van der Waals surface area contributed by atoms with E-state index in [2.05, 4.69) is 21.5 Å². The second kappa shape index (κ2) is 9.73. The molecule has 0 aliphatic heterocycles. The van der Waals surface area contributed by atoms with Crippen molar-refractivity contribution in [1.82, 2.24) is 15.3 Å². The Balaban J connectivity index is 1.68. The Bertz CT molecular complexity index is 899. The van der Waals surface area contributed by atoms with Crippen LogP contribution in [0.15, 0.2) is 47.4 Å². The van der Waals surface area contributed by atoms with Crippen molar-refractivity contribution in [3.05, 3.63) is 58.3 Å². The Labute approximate surface area is 176 Å². The molecule has 4 nitrogen and oxygen atoms in total. The van der Waals surface area contributed by atoms with Gasteiger partial charge < -0.3 is 10.3 Å². The zero-order valence-corrected chi connectivity index (χ0v) is 17.8. The van der Waals surface area contributed by atoms with Gasteiger partial charge in [0.15, 0.2) is 0 Å². The highest BCUT2D eigenvalue weighted by Gasteiger charge is 2.18. The van der Waals surface area contributed by atoms with E-state index in [-0.39, 0.29) is 17.7 Å². The minimum atomic E-state index is -0.159. The van der Waals surface area contributed by atoms with E-state index < -0.39 is 0 Å². The lowest BCUT2D eigenvalue weighted by atomic mass is 10.2. The SMILES string of the molecule is CSCCC(NC(=O)CSc1cc(Cl)ccc1Cl)c1nc2ccccc2[nH]1. The number of aromatic nitrogens is 2. The minimum Gasteiger partial charge on any atom is -0.345 e. The molecule has 0 aliphatic carbocycles. The maximum absolute atomic E-state index is 12.5. The summed E-state index contributed by atoms with van der Waals surface area (Å²) in [6.45, 7) is 0. The standard InChI is InChI=1S/C19H19Cl2N3OS2/c1-26-9-8-16(19-23-14-4-2-3-5-15(14)24-19)22-18(25)11-27-17-10-12(20)6-7-13(17)21/h2-7,10,16H,8-9,11H2,1H3,(H,22,25)(H,23,24). The number of carbonyl (C=O) groups is 1. The number of fused-ring (bicyclic) bond motifs is 1. The van der Waals surface area contributed by atoms with Crippen LogP contribution in [0.5, 0.6) is 0 Å². The molecule has 0 radical (unpaired) electrons. The predicted molar refractivity (Wildman–Crippen MR) is 117 cm³/mol. The van der Waals surface area contributed by atoms with E-state index in [1.54, 1.807) is 30.0 Å². The molecule has 3 rings (SSSR count). The van der Waals surface area contributed by atoms with Crippen molar-refractivity contribution in [1.29, 1.82) is 0 Å². The van der Waals surface area contributed by atoms with Gasteiger partial charge in [0.1, 0.15) is 5.82 Å². The van der Waals surface area contributed by atoms with Crippen molar-refractivity contribution in [3.63, 3.8) is 0 Å². The Kier molecular flexibility index (Phi) is 7.35. The van der Waals surface area contributed by atoms with Gasteiger partial charge in [0.05, 0.1) is 27.9 Å². The van der Waals surface area contributed by atoms with Gasteiger partial charge in [0.25, 0.3) is 0 Å². The first-order valence-corrected chi connectivity index (χ1v) is 11.5. The Morgan fingerprint density at radius 3 is 2.85 bits per heavy atom. The van der Waals surface area contributed by atoms with Crippen LogP contribution in [0, 0.1) is 0 Å². The van der Waals surface area contributed by atoms with Crippen LogP contribution in [-0.2, 0) is 4.79 Å². The molecule has 142 valence electrons. The smallest absolute Gasteiger partial charge is 0.230 e. The van der Waals surface area contributed by atoms with E-state index >= 15 is 0 Å². The fourth-order valence-electron chi connectivity index (χ4n) is 2.62. The van der Waals surface area contributed by atoms with Gasteiger partial charge in [-0.15, -0.1) is 11.8 Å². The number of hydrogen-bond donors (Lipinski definition) is 2. The van der Waals surface area contributed by atoms with Crippen molar-refractivity contribution < 1.29 is 4.79 Å². The van der Waals surface area contributed by atoms with E-state index in [1.165, 1.54) is 11.8 Å². The number of amides is 1. The van der Waals surface area contributed by atoms with Gasteiger partial charge in [-0.3, -0.25) is 4.79 Å². The molecule has 3 aromatic rings. The average Bonchev–Trinajstić information content (AvgIpc) is 3.10. The van der Waals surface area contributed by atoms with Gasteiger partial charge in [-0.2, -0.15) is 11.8 Å². The van der Waals surface area contributed by atoms with Crippen molar-refractivity contribution >= 4 is 63.7 Å². The lowest BCUT2D eigenvalue weighted by Gasteiger charge is -2.16. The highest BCUT2D eigenvalue weighted by molar-refractivity contribution is 8.00. The van der Waals surface area contributed by atoms with Gasteiger partial charge >= 0.3 is 0 Å². The highest BCUT2D eigenvalue weighted by Crippen LogP contribution is 2.30. The van der Waals surface area contributed by atoms with E-state index in [4.69, 9.17) is 23.2 Å². The predicted octanol–water partition coefficient (Wildman–Crippen LogP) is 5.57. The number of imidazole rings is 1. The molecular weight excluding hydrogens is 421 g/mol. The maximum atomic E-state index is 12.5. The van der Waals surface area contributed by atoms with Crippen molar-refractivity contribution in [2.24, 2.45) is 0 Å². The topological polar surface area (TPSA) is 57.8 Å².